The molecule has 274 valence electrons. The molecule has 0 fully saturated rings. The van der Waals surface area contributed by atoms with Crippen molar-refractivity contribution >= 4 is 29.9 Å². The highest BCUT2D eigenvalue weighted by molar-refractivity contribution is 5.94. The summed E-state index contributed by atoms with van der Waals surface area (Å²) in [5, 5.41) is 33.6. The first kappa shape index (κ1) is 38.7. The fourth-order valence-corrected chi connectivity index (χ4v) is 5.83. The maximum atomic E-state index is 13.4. The highest BCUT2D eigenvalue weighted by atomic mass is 16.5. The van der Waals surface area contributed by atoms with Gasteiger partial charge in [0.25, 0.3) is 12.4 Å². The van der Waals surface area contributed by atoms with Crippen LogP contribution in [0.4, 0.5) is 10.6 Å². The molecule has 4 aromatic rings. The second kappa shape index (κ2) is 16.8. The number of fused-ring (bicyclic) bond motifs is 2. The average molecular weight is 703 g/mol. The molecule has 3 aromatic heterocycles. The SMILES string of the molecule is CN(CCO)CCNC(=O)c1cc(C(C)(C)C)cc(NC(=O)N[C@H]2CC[C@@H](Oc3ccc4nnc(C(C)(C)C)n4c3)c3ccccc32)n1.O=CO. The van der Waals surface area contributed by atoms with Gasteiger partial charge in [0, 0.05) is 25.0 Å². The maximum Gasteiger partial charge on any atom is 0.320 e. The summed E-state index contributed by atoms with van der Waals surface area (Å²) in [6.45, 7) is 13.8. The number of carbonyl (C=O) groups excluding carboxylic acids is 2. The Kier molecular flexibility index (Phi) is 12.7. The van der Waals surface area contributed by atoms with Crippen LogP contribution in [0.25, 0.3) is 5.65 Å². The van der Waals surface area contributed by atoms with Crippen LogP contribution < -0.4 is 20.7 Å². The minimum absolute atomic E-state index is 0.0533. The van der Waals surface area contributed by atoms with E-state index < -0.39 is 6.03 Å². The number of rotatable bonds is 10. The molecule has 0 bridgehead atoms. The van der Waals surface area contributed by atoms with E-state index in [1.54, 1.807) is 6.07 Å². The molecule has 14 heteroatoms. The average Bonchev–Trinajstić information content (AvgIpc) is 3.50. The van der Waals surface area contributed by atoms with Crippen molar-refractivity contribution in [2.24, 2.45) is 0 Å². The third kappa shape index (κ3) is 10.2. The fraction of sp³-hybridized carbons (Fsp3) is 0.459. The first-order chi connectivity index (χ1) is 24.1. The van der Waals surface area contributed by atoms with Crippen LogP contribution in [0.1, 0.15) is 99.5 Å². The van der Waals surface area contributed by atoms with E-state index in [1.165, 1.54) is 0 Å². The molecule has 3 heterocycles. The quantitative estimate of drug-likeness (QED) is 0.143. The molecule has 0 aliphatic heterocycles. The number of amides is 3. The summed E-state index contributed by atoms with van der Waals surface area (Å²) in [4.78, 5) is 41.2. The van der Waals surface area contributed by atoms with Gasteiger partial charge < -0.3 is 30.5 Å². The van der Waals surface area contributed by atoms with Gasteiger partial charge in [-0.05, 0) is 66.3 Å². The van der Waals surface area contributed by atoms with Crippen LogP contribution >= 0.6 is 0 Å². The maximum absolute atomic E-state index is 13.4. The molecule has 5 rings (SSSR count). The van der Waals surface area contributed by atoms with Gasteiger partial charge in [-0.3, -0.25) is 19.3 Å². The molecule has 0 spiro atoms. The number of nitrogens with one attached hydrogen (secondary N) is 3. The number of hydrogen-bond donors (Lipinski definition) is 5. The Morgan fingerprint density at radius 3 is 2.37 bits per heavy atom. The number of urea groups is 1. The van der Waals surface area contributed by atoms with Crippen LogP contribution in [0, 0.1) is 0 Å². The molecule has 2 atom stereocenters. The van der Waals surface area contributed by atoms with Crippen LogP contribution in [0.15, 0.2) is 54.7 Å². The summed E-state index contributed by atoms with van der Waals surface area (Å²) in [6.07, 6.45) is 3.12. The fourth-order valence-electron chi connectivity index (χ4n) is 5.83. The van der Waals surface area contributed by atoms with Crippen molar-refractivity contribution < 1.29 is 29.3 Å². The van der Waals surface area contributed by atoms with E-state index in [4.69, 9.17) is 19.7 Å². The van der Waals surface area contributed by atoms with Crippen LogP contribution in [0.2, 0.25) is 0 Å². The van der Waals surface area contributed by atoms with Gasteiger partial charge in [0.2, 0.25) is 0 Å². The zero-order chi connectivity index (χ0) is 37.3. The smallest absolute Gasteiger partial charge is 0.320 e. The van der Waals surface area contributed by atoms with Crippen LogP contribution in [-0.2, 0) is 15.6 Å². The molecule has 14 nitrogen and oxygen atoms in total. The minimum Gasteiger partial charge on any atom is -0.484 e. The normalized spacial score (nSPS) is 15.7. The van der Waals surface area contributed by atoms with Crippen molar-refractivity contribution in [3.05, 3.63) is 82.9 Å². The van der Waals surface area contributed by atoms with E-state index in [1.807, 2.05) is 85.8 Å². The molecule has 51 heavy (non-hydrogen) atoms. The van der Waals surface area contributed by atoms with Gasteiger partial charge >= 0.3 is 6.03 Å². The van der Waals surface area contributed by atoms with Crippen molar-refractivity contribution in [2.75, 3.05) is 38.6 Å². The summed E-state index contributed by atoms with van der Waals surface area (Å²) < 4.78 is 8.52. The Balaban J connectivity index is 0.00000188. The van der Waals surface area contributed by atoms with E-state index in [9.17, 15) is 9.59 Å². The lowest BCUT2D eigenvalue weighted by Gasteiger charge is -2.32. The number of hydrogen-bond acceptors (Lipinski definition) is 9. The number of carbonyl (C=O) groups is 3. The number of nitrogens with zero attached hydrogens (tertiary/aromatic N) is 5. The van der Waals surface area contributed by atoms with Gasteiger partial charge in [0.1, 0.15) is 29.2 Å². The second-order valence-corrected chi connectivity index (χ2v) is 14.6. The lowest BCUT2D eigenvalue weighted by molar-refractivity contribution is -0.122. The number of aliphatic hydroxyl groups is 1. The van der Waals surface area contributed by atoms with Crippen molar-refractivity contribution in [1.29, 1.82) is 0 Å². The number of benzene rings is 1. The van der Waals surface area contributed by atoms with Gasteiger partial charge in [-0.2, -0.15) is 0 Å². The second-order valence-electron chi connectivity index (χ2n) is 14.6. The molecule has 3 amide bonds. The first-order valence-electron chi connectivity index (χ1n) is 17.0. The Morgan fingerprint density at radius 1 is 1.00 bits per heavy atom. The lowest BCUT2D eigenvalue weighted by Crippen LogP contribution is -2.36. The molecule has 1 aliphatic carbocycles. The van der Waals surface area contributed by atoms with Crippen LogP contribution in [-0.4, -0.2) is 86.4 Å². The van der Waals surface area contributed by atoms with E-state index in [-0.39, 0.29) is 47.7 Å². The Labute approximate surface area is 298 Å². The Hall–Kier alpha value is -5.08. The summed E-state index contributed by atoms with van der Waals surface area (Å²) in [6, 6.07) is 14.8. The summed E-state index contributed by atoms with van der Waals surface area (Å²) in [5.74, 6) is 1.55. The molecule has 0 radical (unpaired) electrons. The summed E-state index contributed by atoms with van der Waals surface area (Å²) >= 11 is 0. The van der Waals surface area contributed by atoms with Gasteiger partial charge in [-0.25, -0.2) is 9.78 Å². The van der Waals surface area contributed by atoms with E-state index >= 15 is 0 Å². The highest BCUT2D eigenvalue weighted by Gasteiger charge is 2.30. The third-order valence-corrected chi connectivity index (χ3v) is 8.49. The number of carboxylic acid groups (broad SMARTS) is 1. The predicted octanol–water partition coefficient (Wildman–Crippen LogP) is 4.85. The van der Waals surface area contributed by atoms with Crippen LogP contribution in [0.3, 0.4) is 0 Å². The van der Waals surface area contributed by atoms with Crippen molar-refractivity contribution in [1.82, 2.24) is 35.1 Å². The minimum atomic E-state index is -0.405. The van der Waals surface area contributed by atoms with Crippen molar-refractivity contribution in [3.8, 4) is 5.75 Å². The molecule has 0 unspecified atom stereocenters. The molecular formula is C37H50N8O6. The summed E-state index contributed by atoms with van der Waals surface area (Å²) in [7, 11) is 1.88. The van der Waals surface area contributed by atoms with Gasteiger partial charge in [-0.1, -0.05) is 65.8 Å². The lowest BCUT2D eigenvalue weighted by atomic mass is 9.85. The number of ether oxygens (including phenoxy) is 1. The molecular weight excluding hydrogens is 652 g/mol. The third-order valence-electron chi connectivity index (χ3n) is 8.49. The standard InChI is InChI=1S/C36H48N8O4.CH2O2/c1-35(2,3)23-20-28(32(46)37-16-17-43(7)18-19-45)38-30(21-23)40-34(47)39-27-13-14-29(26-11-9-8-10-25(26)27)48-24-12-15-31-41-42-33(36(4,5)6)44(31)22-24;2-1-3/h8-12,15,20-22,27,29,45H,13-14,16-19H2,1-7H3,(H,37,46)(H2,38,39,40,47);1H,(H,2,3)/t27-,29+;/m0./s1. The summed E-state index contributed by atoms with van der Waals surface area (Å²) in [5.41, 5.74) is 3.42. The van der Waals surface area contributed by atoms with Crippen molar-refractivity contribution in [2.45, 2.75) is 77.4 Å². The number of pyridine rings is 2. The topological polar surface area (TPSA) is 183 Å². The number of likely N-dealkylation sites (N-methyl/N-ethyl adjacent to an activating group) is 1. The van der Waals surface area contributed by atoms with E-state index in [2.05, 4.69) is 51.9 Å². The van der Waals surface area contributed by atoms with Crippen molar-refractivity contribution in [3.63, 3.8) is 0 Å². The molecule has 1 aliphatic rings. The molecule has 5 N–H and O–H groups in total. The predicted molar refractivity (Wildman–Crippen MR) is 194 cm³/mol. The molecule has 0 saturated carbocycles. The number of aromatic nitrogens is 4. The van der Waals surface area contributed by atoms with Crippen LogP contribution in [0.5, 0.6) is 5.75 Å². The van der Waals surface area contributed by atoms with E-state index in [0.29, 0.717) is 38.3 Å². The Morgan fingerprint density at radius 2 is 1.71 bits per heavy atom. The van der Waals surface area contributed by atoms with Gasteiger partial charge in [0.05, 0.1) is 18.8 Å². The Bertz CT molecular complexity index is 1810. The number of aliphatic hydroxyl groups excluding tert-OH is 1. The van der Waals surface area contributed by atoms with E-state index in [0.717, 1.165) is 33.9 Å². The first-order valence-corrected chi connectivity index (χ1v) is 17.0. The van der Waals surface area contributed by atoms with Gasteiger partial charge in [0.15, 0.2) is 5.65 Å². The zero-order valence-corrected chi connectivity index (χ0v) is 30.4. The highest BCUT2D eigenvalue weighted by Crippen LogP contribution is 2.39. The number of anilines is 1. The largest absolute Gasteiger partial charge is 0.484 e. The van der Waals surface area contributed by atoms with Gasteiger partial charge in [-0.15, -0.1) is 10.2 Å². The zero-order valence-electron chi connectivity index (χ0n) is 30.4. The monoisotopic (exact) mass is 702 g/mol. The molecule has 0 saturated heterocycles. The molecule has 1 aromatic carbocycles.